The van der Waals surface area contributed by atoms with Crippen LogP contribution in [0.15, 0.2) is 24.5 Å². The number of aromatic carboxylic acids is 1. The van der Waals surface area contributed by atoms with Crippen LogP contribution in [0, 0.1) is 6.92 Å². The molecule has 0 saturated heterocycles. The Morgan fingerprint density at radius 3 is 2.65 bits per heavy atom. The Labute approximate surface area is 155 Å². The molecule has 0 unspecified atom stereocenters. The lowest BCUT2D eigenvalue weighted by Crippen LogP contribution is -2.14. The summed E-state index contributed by atoms with van der Waals surface area (Å²) in [5, 5.41) is 15.5. The number of thiazole rings is 1. The van der Waals surface area contributed by atoms with Crippen LogP contribution in [0.25, 0.3) is 0 Å². The zero-order valence-electron chi connectivity index (χ0n) is 13.6. The molecule has 0 aliphatic rings. The lowest BCUT2D eigenvalue weighted by Gasteiger charge is -2.07. The molecule has 0 aliphatic heterocycles. The zero-order valence-corrected chi connectivity index (χ0v) is 15.3. The van der Waals surface area contributed by atoms with E-state index < -0.39 is 5.97 Å². The van der Waals surface area contributed by atoms with Crippen molar-refractivity contribution >= 4 is 50.6 Å². The van der Waals surface area contributed by atoms with Gasteiger partial charge in [-0.3, -0.25) is 4.79 Å². The Morgan fingerprint density at radius 1 is 1.23 bits per heavy atom. The predicted molar refractivity (Wildman–Crippen MR) is 97.9 cm³/mol. The van der Waals surface area contributed by atoms with Gasteiger partial charge in [0.2, 0.25) is 5.88 Å². The number of carboxylic acid groups (broad SMARTS) is 1. The van der Waals surface area contributed by atoms with Crippen molar-refractivity contribution in [2.45, 2.75) is 6.92 Å². The van der Waals surface area contributed by atoms with Crippen LogP contribution >= 0.6 is 22.9 Å². The van der Waals surface area contributed by atoms with E-state index >= 15 is 0 Å². The molecule has 0 aliphatic carbocycles. The minimum atomic E-state index is -1.05. The van der Waals surface area contributed by atoms with E-state index in [-0.39, 0.29) is 10.8 Å². The van der Waals surface area contributed by atoms with E-state index in [0.29, 0.717) is 33.0 Å². The molecule has 26 heavy (non-hydrogen) atoms. The lowest BCUT2D eigenvalue weighted by molar-refractivity contribution is 0.0701. The van der Waals surface area contributed by atoms with Gasteiger partial charge in [0.25, 0.3) is 5.91 Å². The van der Waals surface area contributed by atoms with Crippen molar-refractivity contribution in [2.75, 3.05) is 17.7 Å². The van der Waals surface area contributed by atoms with Gasteiger partial charge in [-0.2, -0.15) is 4.37 Å². The number of aromatic nitrogens is 3. The number of methoxy groups -OCH3 is 1. The molecule has 0 spiro atoms. The van der Waals surface area contributed by atoms with Crippen molar-refractivity contribution in [3.05, 3.63) is 40.7 Å². The number of pyridine rings is 1. The van der Waals surface area contributed by atoms with E-state index in [1.807, 2.05) is 0 Å². The molecule has 3 aromatic heterocycles. The molecule has 3 aromatic rings. The molecular weight excluding hydrogens is 378 g/mol. The van der Waals surface area contributed by atoms with Gasteiger partial charge in [0.15, 0.2) is 5.13 Å². The van der Waals surface area contributed by atoms with Gasteiger partial charge >= 0.3 is 5.97 Å². The summed E-state index contributed by atoms with van der Waals surface area (Å²) in [5.41, 5.74) is 1.42. The molecule has 0 radical (unpaired) electrons. The van der Waals surface area contributed by atoms with Gasteiger partial charge in [0.1, 0.15) is 9.88 Å². The van der Waals surface area contributed by atoms with Gasteiger partial charge in [-0.05, 0) is 24.5 Å². The maximum Gasteiger partial charge on any atom is 0.347 e. The molecule has 3 heterocycles. The minimum Gasteiger partial charge on any atom is -0.481 e. The molecule has 3 N–H and O–H groups in total. The highest BCUT2D eigenvalue weighted by atomic mass is 32.1. The number of carboxylic acids is 1. The first-order valence-electron chi connectivity index (χ1n) is 7.21. The summed E-state index contributed by atoms with van der Waals surface area (Å²) in [5.74, 6) is -0.974. The van der Waals surface area contributed by atoms with E-state index in [1.165, 1.54) is 19.5 Å². The van der Waals surface area contributed by atoms with E-state index in [9.17, 15) is 9.59 Å². The van der Waals surface area contributed by atoms with E-state index in [4.69, 9.17) is 9.84 Å². The molecule has 0 aromatic carbocycles. The van der Waals surface area contributed by atoms with Crippen LogP contribution in [0.2, 0.25) is 0 Å². The van der Waals surface area contributed by atoms with Crippen molar-refractivity contribution in [1.82, 2.24) is 14.3 Å². The highest BCUT2D eigenvalue weighted by Crippen LogP contribution is 2.30. The van der Waals surface area contributed by atoms with Crippen molar-refractivity contribution in [3.8, 4) is 5.88 Å². The number of nitrogens with one attached hydrogen (secondary N) is 2. The number of hydrogen-bond acceptors (Lipinski definition) is 9. The van der Waals surface area contributed by atoms with Crippen LogP contribution in [0.1, 0.15) is 25.7 Å². The maximum atomic E-state index is 12.6. The van der Waals surface area contributed by atoms with Gasteiger partial charge in [-0.1, -0.05) is 11.3 Å². The highest BCUT2D eigenvalue weighted by molar-refractivity contribution is 7.18. The summed E-state index contributed by atoms with van der Waals surface area (Å²) in [6, 6.07) is 3.31. The number of ether oxygens (including phenoxy) is 1. The Morgan fingerprint density at radius 2 is 2.04 bits per heavy atom. The van der Waals surface area contributed by atoms with Crippen molar-refractivity contribution in [2.24, 2.45) is 0 Å². The quantitative estimate of drug-likeness (QED) is 0.585. The van der Waals surface area contributed by atoms with Crippen LogP contribution in [0.4, 0.5) is 15.8 Å². The Hall–Kier alpha value is -3.05. The first-order valence-corrected chi connectivity index (χ1v) is 8.80. The number of nitrogens with zero attached hydrogens (tertiary/aromatic N) is 3. The molecule has 11 heteroatoms. The lowest BCUT2D eigenvalue weighted by atomic mass is 10.2. The SMILES string of the molecule is COc1ccc(NC(=O)c2c(C)nsc2Nc2ncc(C(=O)O)s2)cn1. The third kappa shape index (κ3) is 3.78. The van der Waals surface area contributed by atoms with E-state index in [0.717, 1.165) is 22.9 Å². The molecule has 0 fully saturated rings. The third-order valence-electron chi connectivity index (χ3n) is 3.23. The summed E-state index contributed by atoms with van der Waals surface area (Å²) >= 11 is 2.07. The molecular formula is C15H13N5O4S2. The number of anilines is 3. The van der Waals surface area contributed by atoms with Crippen LogP contribution in [-0.4, -0.2) is 38.4 Å². The van der Waals surface area contributed by atoms with Crippen molar-refractivity contribution < 1.29 is 19.4 Å². The fourth-order valence-corrected chi connectivity index (χ4v) is 3.54. The Bertz CT molecular complexity index is 951. The average molecular weight is 391 g/mol. The van der Waals surface area contributed by atoms with Gasteiger partial charge in [-0.25, -0.2) is 14.8 Å². The second kappa shape index (κ2) is 7.45. The summed E-state index contributed by atoms with van der Waals surface area (Å²) in [7, 11) is 1.51. The zero-order chi connectivity index (χ0) is 18.7. The first kappa shape index (κ1) is 17.8. The fraction of sp³-hybridized carbons (Fsp3) is 0.133. The second-order valence-electron chi connectivity index (χ2n) is 4.98. The summed E-state index contributed by atoms with van der Waals surface area (Å²) in [6.45, 7) is 1.72. The van der Waals surface area contributed by atoms with Gasteiger partial charge in [-0.15, -0.1) is 0 Å². The molecule has 3 rings (SSSR count). The van der Waals surface area contributed by atoms with Gasteiger partial charge in [0, 0.05) is 6.07 Å². The minimum absolute atomic E-state index is 0.101. The number of carbonyl (C=O) groups excluding carboxylic acids is 1. The smallest absolute Gasteiger partial charge is 0.347 e. The fourth-order valence-electron chi connectivity index (χ4n) is 2.02. The largest absolute Gasteiger partial charge is 0.481 e. The maximum absolute atomic E-state index is 12.6. The summed E-state index contributed by atoms with van der Waals surface area (Å²) < 4.78 is 9.17. The number of rotatable bonds is 6. The number of hydrogen-bond donors (Lipinski definition) is 3. The summed E-state index contributed by atoms with van der Waals surface area (Å²) in [6.07, 6.45) is 2.74. The van der Waals surface area contributed by atoms with Gasteiger partial charge in [0.05, 0.1) is 36.4 Å². The molecule has 1 amide bonds. The molecule has 0 atom stereocenters. The van der Waals surface area contributed by atoms with Crippen LogP contribution < -0.4 is 15.4 Å². The molecule has 0 bridgehead atoms. The van der Waals surface area contributed by atoms with Crippen LogP contribution in [0.5, 0.6) is 5.88 Å². The Kier molecular flexibility index (Phi) is 5.09. The van der Waals surface area contributed by atoms with E-state index in [2.05, 4.69) is 25.0 Å². The van der Waals surface area contributed by atoms with Crippen LogP contribution in [0.3, 0.4) is 0 Å². The normalized spacial score (nSPS) is 10.4. The van der Waals surface area contributed by atoms with Gasteiger partial charge < -0.3 is 20.5 Å². The average Bonchev–Trinajstić information content (AvgIpc) is 3.23. The number of aryl methyl sites for hydroxylation is 1. The topological polar surface area (TPSA) is 126 Å². The van der Waals surface area contributed by atoms with Crippen molar-refractivity contribution in [3.63, 3.8) is 0 Å². The summed E-state index contributed by atoms with van der Waals surface area (Å²) in [4.78, 5) is 31.7. The van der Waals surface area contributed by atoms with Crippen LogP contribution in [-0.2, 0) is 0 Å². The first-order chi connectivity index (χ1) is 12.5. The van der Waals surface area contributed by atoms with E-state index in [1.54, 1.807) is 19.1 Å². The third-order valence-corrected chi connectivity index (χ3v) is 4.98. The number of carbonyl (C=O) groups is 2. The molecule has 0 saturated carbocycles. The molecule has 134 valence electrons. The predicted octanol–water partition coefficient (Wildman–Crippen LogP) is 3.01. The second-order valence-corrected chi connectivity index (χ2v) is 6.78. The highest BCUT2D eigenvalue weighted by Gasteiger charge is 2.20. The monoisotopic (exact) mass is 391 g/mol. The Balaban J connectivity index is 1.79. The standard InChI is InChI=1S/C15H13N5O4S2/c1-7-11(12(21)18-8-3-4-10(24-2)16-5-8)13(26-20-7)19-15-17-6-9(25-15)14(22)23/h3-6H,1-2H3,(H,17,19)(H,18,21)(H,22,23). The molecule has 9 nitrogen and oxygen atoms in total. The van der Waals surface area contributed by atoms with Crippen molar-refractivity contribution in [1.29, 1.82) is 0 Å². The number of amides is 1.